The summed E-state index contributed by atoms with van der Waals surface area (Å²) in [6.45, 7) is 3.08. The summed E-state index contributed by atoms with van der Waals surface area (Å²) in [6.07, 6.45) is 0. The number of esters is 1. The third-order valence-electron chi connectivity index (χ3n) is 2.27. The second-order valence-corrected chi connectivity index (χ2v) is 3.30. The lowest BCUT2D eigenvalue weighted by Crippen LogP contribution is -2.19. The minimum absolute atomic E-state index is 0.0717. The van der Waals surface area contributed by atoms with Crippen molar-refractivity contribution >= 4 is 11.8 Å². The summed E-state index contributed by atoms with van der Waals surface area (Å²) in [4.78, 5) is 23.1. The number of carbonyl (C=O) groups is 2. The van der Waals surface area contributed by atoms with Crippen molar-refractivity contribution in [1.29, 1.82) is 0 Å². The fourth-order valence-electron chi connectivity index (χ4n) is 1.41. The molecule has 17 heavy (non-hydrogen) atoms. The van der Waals surface area contributed by atoms with Crippen LogP contribution < -0.4 is 4.74 Å². The van der Waals surface area contributed by atoms with Gasteiger partial charge in [-0.25, -0.2) is 9.18 Å². The van der Waals surface area contributed by atoms with E-state index < -0.39 is 17.6 Å². The van der Waals surface area contributed by atoms with E-state index in [1.807, 2.05) is 0 Å². The quantitative estimate of drug-likeness (QED) is 0.458. The second kappa shape index (κ2) is 5.43. The van der Waals surface area contributed by atoms with Gasteiger partial charge in [-0.15, -0.1) is 0 Å². The van der Waals surface area contributed by atoms with E-state index in [1.54, 1.807) is 6.92 Å². The van der Waals surface area contributed by atoms with Crippen LogP contribution in [0.3, 0.4) is 0 Å². The van der Waals surface area contributed by atoms with Gasteiger partial charge in [-0.1, -0.05) is 0 Å². The summed E-state index contributed by atoms with van der Waals surface area (Å²) in [5.74, 6) is -2.33. The number of hydrogen-bond donors (Lipinski definition) is 0. The Morgan fingerprint density at radius 3 is 2.53 bits per heavy atom. The minimum Gasteiger partial charge on any atom is -0.496 e. The Balaban J connectivity index is 3.24. The van der Waals surface area contributed by atoms with Crippen LogP contribution in [0, 0.1) is 12.7 Å². The minimum atomic E-state index is -1.01. The highest BCUT2D eigenvalue weighted by Gasteiger charge is 2.25. The first-order valence-electron chi connectivity index (χ1n) is 5.07. The summed E-state index contributed by atoms with van der Waals surface area (Å²) in [5.41, 5.74) is -0.0200. The molecule has 1 rings (SSSR count). The van der Waals surface area contributed by atoms with Gasteiger partial charge in [-0.3, -0.25) is 4.79 Å². The Labute approximate surface area is 98.3 Å². The molecular weight excluding hydrogens is 227 g/mol. The van der Waals surface area contributed by atoms with Crippen molar-refractivity contribution in [3.8, 4) is 5.75 Å². The number of benzene rings is 1. The lowest BCUT2D eigenvalue weighted by atomic mass is 10.0. The van der Waals surface area contributed by atoms with Gasteiger partial charge in [0.05, 0.1) is 19.3 Å². The Bertz CT molecular complexity index is 454. The van der Waals surface area contributed by atoms with Crippen molar-refractivity contribution in [1.82, 2.24) is 0 Å². The van der Waals surface area contributed by atoms with Crippen molar-refractivity contribution in [2.45, 2.75) is 13.8 Å². The number of rotatable bonds is 4. The molecule has 0 aliphatic heterocycles. The standard InChI is InChI=1S/C12H13FO4/c1-4-17-12(15)11(14)10-7(2)8(13)5-6-9(10)16-3/h5-6H,4H2,1-3H3. The van der Waals surface area contributed by atoms with Gasteiger partial charge >= 0.3 is 5.97 Å². The SMILES string of the molecule is CCOC(=O)C(=O)c1c(OC)ccc(F)c1C. The Morgan fingerprint density at radius 2 is 2.00 bits per heavy atom. The molecule has 0 atom stereocenters. The first-order chi connectivity index (χ1) is 8.02. The van der Waals surface area contributed by atoms with Crippen molar-refractivity contribution < 1.29 is 23.5 Å². The average molecular weight is 240 g/mol. The predicted octanol–water partition coefficient (Wildman–Crippen LogP) is 1.89. The van der Waals surface area contributed by atoms with E-state index in [1.165, 1.54) is 26.2 Å². The largest absolute Gasteiger partial charge is 0.496 e. The van der Waals surface area contributed by atoms with Gasteiger partial charge in [0, 0.05) is 0 Å². The van der Waals surface area contributed by atoms with Crippen molar-refractivity contribution in [2.24, 2.45) is 0 Å². The first kappa shape index (κ1) is 13.2. The van der Waals surface area contributed by atoms with Crippen LogP contribution in [-0.2, 0) is 9.53 Å². The summed E-state index contributed by atoms with van der Waals surface area (Å²) in [7, 11) is 1.34. The van der Waals surface area contributed by atoms with Gasteiger partial charge in [0.1, 0.15) is 11.6 Å². The highest BCUT2D eigenvalue weighted by Crippen LogP contribution is 2.25. The molecule has 0 N–H and O–H groups in total. The number of carbonyl (C=O) groups excluding carboxylic acids is 2. The number of methoxy groups -OCH3 is 1. The molecule has 0 aliphatic rings. The molecule has 1 aromatic rings. The van der Waals surface area contributed by atoms with Crippen LogP contribution in [0.5, 0.6) is 5.75 Å². The van der Waals surface area contributed by atoms with Crippen LogP contribution in [0.2, 0.25) is 0 Å². The highest BCUT2D eigenvalue weighted by atomic mass is 19.1. The molecule has 0 unspecified atom stereocenters. The fourth-order valence-corrected chi connectivity index (χ4v) is 1.41. The molecule has 5 heteroatoms. The van der Waals surface area contributed by atoms with E-state index in [4.69, 9.17) is 4.74 Å². The Kier molecular flexibility index (Phi) is 4.20. The monoisotopic (exact) mass is 240 g/mol. The van der Waals surface area contributed by atoms with E-state index in [2.05, 4.69) is 4.74 Å². The zero-order chi connectivity index (χ0) is 13.0. The maximum absolute atomic E-state index is 13.3. The second-order valence-electron chi connectivity index (χ2n) is 3.30. The van der Waals surface area contributed by atoms with E-state index in [9.17, 15) is 14.0 Å². The highest BCUT2D eigenvalue weighted by molar-refractivity contribution is 6.41. The smallest absolute Gasteiger partial charge is 0.379 e. The normalized spacial score (nSPS) is 9.88. The molecule has 0 heterocycles. The molecule has 0 aromatic heterocycles. The third kappa shape index (κ3) is 2.61. The molecule has 0 aliphatic carbocycles. The summed E-state index contributed by atoms with van der Waals surface area (Å²) in [6, 6.07) is 2.48. The van der Waals surface area contributed by atoms with Crippen LogP contribution in [-0.4, -0.2) is 25.5 Å². The van der Waals surface area contributed by atoms with Gasteiger partial charge in [0.25, 0.3) is 5.78 Å². The number of ketones is 1. The maximum Gasteiger partial charge on any atom is 0.379 e. The topological polar surface area (TPSA) is 52.6 Å². The van der Waals surface area contributed by atoms with Gasteiger partial charge in [0.15, 0.2) is 0 Å². The Hall–Kier alpha value is -1.91. The lowest BCUT2D eigenvalue weighted by molar-refractivity contribution is -0.137. The molecule has 0 radical (unpaired) electrons. The number of ether oxygens (including phenoxy) is 2. The number of halogens is 1. The number of hydrogen-bond acceptors (Lipinski definition) is 4. The molecule has 4 nitrogen and oxygen atoms in total. The summed E-state index contributed by atoms with van der Waals surface area (Å²) in [5, 5.41) is 0. The van der Waals surface area contributed by atoms with Gasteiger partial charge in [-0.2, -0.15) is 0 Å². The number of Topliss-reactive ketones (excluding diaryl/α,β-unsaturated/α-hetero) is 1. The summed E-state index contributed by atoms with van der Waals surface area (Å²) >= 11 is 0. The molecule has 0 bridgehead atoms. The molecule has 92 valence electrons. The zero-order valence-electron chi connectivity index (χ0n) is 9.87. The van der Waals surface area contributed by atoms with Gasteiger partial charge in [0.2, 0.25) is 0 Å². The van der Waals surface area contributed by atoms with E-state index in [0.717, 1.165) is 0 Å². The fraction of sp³-hybridized carbons (Fsp3) is 0.333. The van der Waals surface area contributed by atoms with Crippen LogP contribution in [0.4, 0.5) is 4.39 Å². The van der Waals surface area contributed by atoms with E-state index in [0.29, 0.717) is 0 Å². The zero-order valence-corrected chi connectivity index (χ0v) is 9.87. The lowest BCUT2D eigenvalue weighted by Gasteiger charge is -2.10. The van der Waals surface area contributed by atoms with Crippen molar-refractivity contribution in [3.05, 3.63) is 29.1 Å². The van der Waals surface area contributed by atoms with Crippen LogP contribution in [0.15, 0.2) is 12.1 Å². The third-order valence-corrected chi connectivity index (χ3v) is 2.27. The van der Waals surface area contributed by atoms with Crippen molar-refractivity contribution in [3.63, 3.8) is 0 Å². The maximum atomic E-state index is 13.3. The van der Waals surface area contributed by atoms with Crippen LogP contribution >= 0.6 is 0 Å². The van der Waals surface area contributed by atoms with E-state index in [-0.39, 0.29) is 23.5 Å². The first-order valence-corrected chi connectivity index (χ1v) is 5.07. The predicted molar refractivity (Wildman–Crippen MR) is 58.7 cm³/mol. The van der Waals surface area contributed by atoms with E-state index >= 15 is 0 Å². The molecule has 0 saturated carbocycles. The molecular formula is C12H13FO4. The molecule has 0 spiro atoms. The molecule has 0 fully saturated rings. The Morgan fingerprint density at radius 1 is 1.35 bits per heavy atom. The van der Waals surface area contributed by atoms with Crippen LogP contribution in [0.25, 0.3) is 0 Å². The van der Waals surface area contributed by atoms with Gasteiger partial charge < -0.3 is 9.47 Å². The average Bonchev–Trinajstić information content (AvgIpc) is 2.32. The molecule has 1 aromatic carbocycles. The molecule has 0 saturated heterocycles. The molecule has 0 amide bonds. The summed E-state index contributed by atoms with van der Waals surface area (Å²) < 4.78 is 22.9. The van der Waals surface area contributed by atoms with Crippen LogP contribution in [0.1, 0.15) is 22.8 Å². The van der Waals surface area contributed by atoms with Gasteiger partial charge in [-0.05, 0) is 31.5 Å². The van der Waals surface area contributed by atoms with Crippen molar-refractivity contribution in [2.75, 3.05) is 13.7 Å².